The molecule has 1 fully saturated rings. The zero-order valence-electron chi connectivity index (χ0n) is 15.7. The van der Waals surface area contributed by atoms with Gasteiger partial charge in [-0.25, -0.2) is 13.1 Å². The Morgan fingerprint density at radius 2 is 1.69 bits per heavy atom. The summed E-state index contributed by atoms with van der Waals surface area (Å²) in [7, 11) is -3.75. The number of benzene rings is 2. The molecule has 1 amide bonds. The number of nitro benzene ring substituents is 1. The lowest BCUT2D eigenvalue weighted by Gasteiger charge is -2.31. The summed E-state index contributed by atoms with van der Waals surface area (Å²) in [5, 5.41) is 13.5. The maximum atomic E-state index is 12.5. The SMILES string of the molecule is O=C(CN1CCC(NS(=O)(=O)c2ccc([N+](=O)[O-])cc2)CC1)Nc1ccccc1. The lowest BCUT2D eigenvalue weighted by molar-refractivity contribution is -0.384. The van der Waals surface area contributed by atoms with Crippen LogP contribution in [0.3, 0.4) is 0 Å². The number of anilines is 1. The Kier molecular flexibility index (Phi) is 6.57. The Morgan fingerprint density at radius 3 is 2.28 bits per heavy atom. The minimum absolute atomic E-state index is 0.00670. The Balaban J connectivity index is 1.48. The van der Waals surface area contributed by atoms with Crippen molar-refractivity contribution in [3.05, 3.63) is 64.7 Å². The molecule has 0 aliphatic carbocycles. The highest BCUT2D eigenvalue weighted by Gasteiger charge is 2.25. The Labute approximate surface area is 168 Å². The maximum Gasteiger partial charge on any atom is 0.269 e. The van der Waals surface area contributed by atoms with E-state index < -0.39 is 14.9 Å². The number of nitrogens with zero attached hydrogens (tertiary/aromatic N) is 2. The topological polar surface area (TPSA) is 122 Å². The number of likely N-dealkylation sites (tertiary alicyclic amines) is 1. The second-order valence-corrected chi connectivity index (χ2v) is 8.55. The Bertz CT molecular complexity index is 956. The molecule has 154 valence electrons. The molecule has 0 radical (unpaired) electrons. The molecule has 1 saturated heterocycles. The van der Waals surface area contributed by atoms with Gasteiger partial charge in [0, 0.05) is 37.0 Å². The van der Waals surface area contributed by atoms with Gasteiger partial charge in [0.2, 0.25) is 15.9 Å². The standard InChI is InChI=1S/C19H22N4O5S/c24-19(20-15-4-2-1-3-5-15)14-22-12-10-16(11-13-22)21-29(27,28)18-8-6-17(7-9-18)23(25)26/h1-9,16,21H,10-14H2,(H,20,24). The van der Waals surface area contributed by atoms with Crippen LogP contribution < -0.4 is 10.0 Å². The third kappa shape index (κ3) is 5.83. The fraction of sp³-hybridized carbons (Fsp3) is 0.316. The summed E-state index contributed by atoms with van der Waals surface area (Å²) >= 11 is 0. The summed E-state index contributed by atoms with van der Waals surface area (Å²) in [6.07, 6.45) is 1.15. The van der Waals surface area contributed by atoms with Crippen LogP contribution >= 0.6 is 0 Å². The summed E-state index contributed by atoms with van der Waals surface area (Å²) in [5.74, 6) is -0.110. The van der Waals surface area contributed by atoms with Crippen LogP contribution in [0.1, 0.15) is 12.8 Å². The molecular weight excluding hydrogens is 396 g/mol. The first kappa shape index (κ1) is 20.9. The summed E-state index contributed by atoms with van der Waals surface area (Å²) in [5.41, 5.74) is 0.578. The molecule has 3 rings (SSSR count). The quantitative estimate of drug-likeness (QED) is 0.524. The van der Waals surface area contributed by atoms with Crippen LogP contribution in [0.5, 0.6) is 0 Å². The highest BCUT2D eigenvalue weighted by molar-refractivity contribution is 7.89. The predicted octanol–water partition coefficient (Wildman–Crippen LogP) is 1.98. The van der Waals surface area contributed by atoms with Gasteiger partial charge in [0.15, 0.2) is 0 Å². The van der Waals surface area contributed by atoms with Crippen molar-refractivity contribution >= 4 is 27.3 Å². The molecule has 0 unspecified atom stereocenters. The second-order valence-electron chi connectivity index (χ2n) is 6.84. The number of non-ortho nitro benzene ring substituents is 1. The van der Waals surface area contributed by atoms with Gasteiger partial charge < -0.3 is 5.32 Å². The van der Waals surface area contributed by atoms with Crippen LogP contribution in [0.25, 0.3) is 0 Å². The molecule has 9 nitrogen and oxygen atoms in total. The zero-order valence-corrected chi connectivity index (χ0v) is 16.5. The molecule has 2 N–H and O–H groups in total. The Hall–Kier alpha value is -2.82. The summed E-state index contributed by atoms with van der Waals surface area (Å²) in [6, 6.07) is 13.7. The zero-order chi connectivity index (χ0) is 20.9. The normalized spacial score (nSPS) is 15.7. The smallest absolute Gasteiger partial charge is 0.269 e. The fourth-order valence-corrected chi connectivity index (χ4v) is 4.47. The van der Waals surface area contributed by atoms with Crippen LogP contribution in [-0.4, -0.2) is 49.8 Å². The monoisotopic (exact) mass is 418 g/mol. The first-order valence-electron chi connectivity index (χ1n) is 9.17. The van der Waals surface area contributed by atoms with Crippen LogP contribution in [0.4, 0.5) is 11.4 Å². The number of para-hydroxylation sites is 1. The maximum absolute atomic E-state index is 12.5. The molecule has 0 atom stereocenters. The van der Waals surface area contributed by atoms with Crippen LogP contribution in [-0.2, 0) is 14.8 Å². The van der Waals surface area contributed by atoms with Crippen molar-refractivity contribution in [2.75, 3.05) is 25.0 Å². The van der Waals surface area contributed by atoms with Crippen molar-refractivity contribution in [2.45, 2.75) is 23.8 Å². The van der Waals surface area contributed by atoms with E-state index in [1.807, 2.05) is 35.2 Å². The molecule has 2 aromatic rings. The molecule has 1 aliphatic heterocycles. The molecule has 0 bridgehead atoms. The summed E-state index contributed by atoms with van der Waals surface area (Å²) < 4.78 is 27.6. The summed E-state index contributed by atoms with van der Waals surface area (Å²) in [6.45, 7) is 1.43. The van der Waals surface area contributed by atoms with Crippen molar-refractivity contribution in [3.8, 4) is 0 Å². The molecule has 0 aromatic heterocycles. The van der Waals surface area contributed by atoms with E-state index in [-0.39, 0.29) is 29.1 Å². The Morgan fingerprint density at radius 1 is 1.07 bits per heavy atom. The number of rotatable bonds is 7. The van der Waals surface area contributed by atoms with Gasteiger partial charge >= 0.3 is 0 Å². The average Bonchev–Trinajstić information content (AvgIpc) is 2.70. The number of piperidine rings is 1. The van der Waals surface area contributed by atoms with Gasteiger partial charge in [0.1, 0.15) is 0 Å². The van der Waals surface area contributed by atoms with Crippen LogP contribution in [0.15, 0.2) is 59.5 Å². The van der Waals surface area contributed by atoms with Gasteiger partial charge in [-0.05, 0) is 37.1 Å². The van der Waals surface area contributed by atoms with Crippen molar-refractivity contribution in [1.29, 1.82) is 0 Å². The highest BCUT2D eigenvalue weighted by atomic mass is 32.2. The predicted molar refractivity (Wildman–Crippen MR) is 108 cm³/mol. The van der Waals surface area contributed by atoms with Gasteiger partial charge in [-0.2, -0.15) is 0 Å². The van der Waals surface area contributed by atoms with E-state index in [0.29, 0.717) is 25.9 Å². The van der Waals surface area contributed by atoms with E-state index >= 15 is 0 Å². The number of nitrogens with one attached hydrogen (secondary N) is 2. The minimum atomic E-state index is -3.75. The van der Waals surface area contributed by atoms with Crippen molar-refractivity contribution in [3.63, 3.8) is 0 Å². The first-order chi connectivity index (χ1) is 13.8. The third-order valence-corrected chi connectivity index (χ3v) is 6.23. The lowest BCUT2D eigenvalue weighted by Crippen LogP contribution is -2.46. The van der Waals surface area contributed by atoms with E-state index in [0.717, 1.165) is 5.69 Å². The first-order valence-corrected chi connectivity index (χ1v) is 10.7. The van der Waals surface area contributed by atoms with Gasteiger partial charge in [-0.1, -0.05) is 18.2 Å². The van der Waals surface area contributed by atoms with Crippen molar-refractivity contribution < 1.29 is 18.1 Å². The second kappa shape index (κ2) is 9.12. The van der Waals surface area contributed by atoms with Gasteiger partial charge in [0.05, 0.1) is 16.4 Å². The van der Waals surface area contributed by atoms with Gasteiger partial charge in [0.25, 0.3) is 5.69 Å². The van der Waals surface area contributed by atoms with Crippen molar-refractivity contribution in [2.24, 2.45) is 0 Å². The molecule has 1 aliphatic rings. The number of carbonyl (C=O) groups excluding carboxylic acids is 1. The van der Waals surface area contributed by atoms with Crippen LogP contribution in [0.2, 0.25) is 0 Å². The van der Waals surface area contributed by atoms with E-state index in [9.17, 15) is 23.3 Å². The number of sulfonamides is 1. The number of amides is 1. The van der Waals surface area contributed by atoms with E-state index in [1.54, 1.807) is 0 Å². The molecule has 2 aromatic carbocycles. The molecule has 10 heteroatoms. The number of hydrogen-bond donors (Lipinski definition) is 2. The molecule has 29 heavy (non-hydrogen) atoms. The van der Waals surface area contributed by atoms with Gasteiger partial charge in [-0.15, -0.1) is 0 Å². The molecule has 0 spiro atoms. The fourth-order valence-electron chi connectivity index (χ4n) is 3.17. The van der Waals surface area contributed by atoms with Crippen molar-refractivity contribution in [1.82, 2.24) is 9.62 Å². The van der Waals surface area contributed by atoms with Gasteiger partial charge in [-0.3, -0.25) is 19.8 Å². The summed E-state index contributed by atoms with van der Waals surface area (Å²) in [4.78, 5) is 24.2. The van der Waals surface area contributed by atoms with Crippen LogP contribution in [0, 0.1) is 10.1 Å². The number of carbonyl (C=O) groups is 1. The van der Waals surface area contributed by atoms with E-state index in [1.165, 1.54) is 24.3 Å². The number of nitro groups is 1. The molecule has 0 saturated carbocycles. The minimum Gasteiger partial charge on any atom is -0.325 e. The number of hydrogen-bond acceptors (Lipinski definition) is 6. The van der Waals surface area contributed by atoms with E-state index in [4.69, 9.17) is 0 Å². The average molecular weight is 418 g/mol. The molecular formula is C19H22N4O5S. The molecule has 1 heterocycles. The third-order valence-electron chi connectivity index (χ3n) is 4.69. The highest BCUT2D eigenvalue weighted by Crippen LogP contribution is 2.18. The lowest BCUT2D eigenvalue weighted by atomic mass is 10.1. The largest absolute Gasteiger partial charge is 0.325 e. The van der Waals surface area contributed by atoms with E-state index in [2.05, 4.69) is 10.0 Å².